The summed E-state index contributed by atoms with van der Waals surface area (Å²) in [6, 6.07) is 11.8. The van der Waals surface area contributed by atoms with Gasteiger partial charge in [0.25, 0.3) is 0 Å². The molecule has 0 aliphatic rings. The number of rotatable bonds is 4. The van der Waals surface area contributed by atoms with Crippen LogP contribution in [0, 0.1) is 16.7 Å². The number of hydrogen-bond acceptors (Lipinski definition) is 2. The van der Waals surface area contributed by atoms with Gasteiger partial charge in [-0.3, -0.25) is 0 Å². The van der Waals surface area contributed by atoms with Gasteiger partial charge in [0.1, 0.15) is 6.29 Å². The molecule has 1 rings (SSSR count). The van der Waals surface area contributed by atoms with E-state index in [-0.39, 0.29) is 5.92 Å². The van der Waals surface area contributed by atoms with Gasteiger partial charge in [-0.25, -0.2) is 0 Å². The van der Waals surface area contributed by atoms with Gasteiger partial charge in [-0.2, -0.15) is 5.26 Å². The molecule has 0 heterocycles. The van der Waals surface area contributed by atoms with Crippen LogP contribution in [0.25, 0.3) is 0 Å². The van der Waals surface area contributed by atoms with Gasteiger partial charge in [0.05, 0.1) is 12.0 Å². The van der Waals surface area contributed by atoms with Crippen LogP contribution in [-0.4, -0.2) is 6.29 Å². The lowest BCUT2D eigenvalue weighted by Gasteiger charge is -2.20. The minimum atomic E-state index is -0.434. The highest BCUT2D eigenvalue weighted by atomic mass is 16.1. The average molecular weight is 201 g/mol. The van der Waals surface area contributed by atoms with Crippen LogP contribution in [0.2, 0.25) is 0 Å². The van der Waals surface area contributed by atoms with Gasteiger partial charge in [0, 0.05) is 5.41 Å². The maximum atomic E-state index is 10.8. The molecule has 1 atom stereocenters. The molecule has 0 bridgehead atoms. The number of carbonyl (C=O) groups is 1. The summed E-state index contributed by atoms with van der Waals surface area (Å²) >= 11 is 0. The summed E-state index contributed by atoms with van der Waals surface area (Å²) in [5.41, 5.74) is 0.547. The summed E-state index contributed by atoms with van der Waals surface area (Å²) in [5.74, 6) is -0.202. The zero-order valence-corrected chi connectivity index (χ0v) is 9.10. The fraction of sp³-hybridized carbons (Fsp3) is 0.385. The second-order valence-corrected chi connectivity index (χ2v) is 4.40. The van der Waals surface area contributed by atoms with E-state index in [2.05, 4.69) is 6.07 Å². The van der Waals surface area contributed by atoms with Gasteiger partial charge in [0.2, 0.25) is 0 Å². The fourth-order valence-electron chi connectivity index (χ4n) is 1.50. The monoisotopic (exact) mass is 201 g/mol. The Kier molecular flexibility index (Phi) is 3.62. The third-order valence-electron chi connectivity index (χ3n) is 2.41. The zero-order chi connectivity index (χ0) is 11.3. The van der Waals surface area contributed by atoms with E-state index in [0.717, 1.165) is 11.8 Å². The van der Waals surface area contributed by atoms with E-state index >= 15 is 0 Å². The molecule has 0 amide bonds. The summed E-state index contributed by atoms with van der Waals surface area (Å²) < 4.78 is 0. The van der Waals surface area contributed by atoms with Crippen LogP contribution in [0.15, 0.2) is 30.3 Å². The van der Waals surface area contributed by atoms with E-state index in [0.29, 0.717) is 6.42 Å². The third kappa shape index (κ3) is 3.21. The first-order valence-corrected chi connectivity index (χ1v) is 5.00. The van der Waals surface area contributed by atoms with Gasteiger partial charge >= 0.3 is 0 Å². The van der Waals surface area contributed by atoms with E-state index in [9.17, 15) is 4.79 Å². The van der Waals surface area contributed by atoms with Crippen molar-refractivity contribution in [1.82, 2.24) is 0 Å². The van der Waals surface area contributed by atoms with E-state index in [1.807, 2.05) is 44.2 Å². The van der Waals surface area contributed by atoms with Crippen molar-refractivity contribution in [3.05, 3.63) is 35.9 Å². The lowest BCUT2D eigenvalue weighted by atomic mass is 9.82. The van der Waals surface area contributed by atoms with Gasteiger partial charge < -0.3 is 4.79 Å². The molecule has 0 saturated heterocycles. The van der Waals surface area contributed by atoms with Gasteiger partial charge in [-0.1, -0.05) is 44.2 Å². The van der Waals surface area contributed by atoms with Crippen molar-refractivity contribution in [2.75, 3.05) is 0 Å². The predicted molar refractivity (Wildman–Crippen MR) is 59.3 cm³/mol. The van der Waals surface area contributed by atoms with Crippen LogP contribution < -0.4 is 0 Å². The number of aldehydes is 1. The van der Waals surface area contributed by atoms with Crippen LogP contribution in [-0.2, 0) is 4.79 Å². The van der Waals surface area contributed by atoms with Crippen molar-refractivity contribution >= 4 is 6.29 Å². The molecule has 0 aliphatic heterocycles. The smallest absolute Gasteiger partial charge is 0.125 e. The van der Waals surface area contributed by atoms with E-state index in [1.54, 1.807) is 0 Å². The van der Waals surface area contributed by atoms with Crippen LogP contribution in [0.3, 0.4) is 0 Å². The molecule has 0 fully saturated rings. The number of carbonyl (C=O) groups excluding carboxylic acids is 1. The maximum absolute atomic E-state index is 10.8. The fourth-order valence-corrected chi connectivity index (χ4v) is 1.50. The highest BCUT2D eigenvalue weighted by Gasteiger charge is 2.23. The Morgan fingerprint density at radius 1 is 1.40 bits per heavy atom. The molecule has 0 N–H and O–H groups in total. The standard InChI is InChI=1S/C13H15NO/c1-13(2,10-15)8-12(9-14)11-6-4-3-5-7-11/h3-7,10,12H,8H2,1-2H3. The van der Waals surface area contributed by atoms with Crippen LogP contribution >= 0.6 is 0 Å². The number of nitrogens with zero attached hydrogens (tertiary/aromatic N) is 1. The van der Waals surface area contributed by atoms with Crippen molar-refractivity contribution in [1.29, 1.82) is 5.26 Å². The highest BCUT2D eigenvalue weighted by Crippen LogP contribution is 2.29. The molecule has 0 aliphatic carbocycles. The second kappa shape index (κ2) is 4.75. The van der Waals surface area contributed by atoms with Crippen molar-refractivity contribution in [3.63, 3.8) is 0 Å². The van der Waals surface area contributed by atoms with Crippen LogP contribution in [0.4, 0.5) is 0 Å². The SMILES string of the molecule is CC(C)(C=O)CC(C#N)c1ccccc1. The van der Waals surface area contributed by atoms with Crippen molar-refractivity contribution < 1.29 is 4.79 Å². The van der Waals surface area contributed by atoms with Crippen molar-refractivity contribution in [2.24, 2.45) is 5.41 Å². The Hall–Kier alpha value is -1.62. The molecule has 1 aromatic carbocycles. The van der Waals surface area contributed by atoms with Crippen LogP contribution in [0.5, 0.6) is 0 Å². The topological polar surface area (TPSA) is 40.9 Å². The summed E-state index contributed by atoms with van der Waals surface area (Å²) in [6.45, 7) is 3.71. The quantitative estimate of drug-likeness (QED) is 0.703. The predicted octanol–water partition coefficient (Wildman–Crippen LogP) is 2.91. The first-order valence-electron chi connectivity index (χ1n) is 5.00. The largest absolute Gasteiger partial charge is 0.303 e. The Labute approximate surface area is 90.5 Å². The molecule has 0 spiro atoms. The molecule has 1 unspecified atom stereocenters. The molecular weight excluding hydrogens is 186 g/mol. The third-order valence-corrected chi connectivity index (χ3v) is 2.41. The average Bonchev–Trinajstić information content (AvgIpc) is 2.27. The summed E-state index contributed by atoms with van der Waals surface area (Å²) in [7, 11) is 0. The molecule has 0 saturated carbocycles. The molecule has 78 valence electrons. The van der Waals surface area contributed by atoms with Gasteiger partial charge in [-0.05, 0) is 12.0 Å². The summed E-state index contributed by atoms with van der Waals surface area (Å²) in [6.07, 6.45) is 1.48. The first-order chi connectivity index (χ1) is 7.09. The Balaban J connectivity index is 2.84. The Morgan fingerprint density at radius 3 is 2.47 bits per heavy atom. The zero-order valence-electron chi connectivity index (χ0n) is 9.10. The first kappa shape index (κ1) is 11.5. The Morgan fingerprint density at radius 2 is 2.00 bits per heavy atom. The second-order valence-electron chi connectivity index (χ2n) is 4.40. The van der Waals surface area contributed by atoms with Crippen molar-refractivity contribution in [2.45, 2.75) is 26.2 Å². The molecule has 1 aromatic rings. The number of benzene rings is 1. The number of nitriles is 1. The molecule has 0 radical (unpaired) electrons. The molecule has 2 nitrogen and oxygen atoms in total. The summed E-state index contributed by atoms with van der Waals surface area (Å²) in [4.78, 5) is 10.8. The Bertz CT molecular complexity index is 362. The van der Waals surface area contributed by atoms with Gasteiger partial charge in [0.15, 0.2) is 0 Å². The molecule has 15 heavy (non-hydrogen) atoms. The normalized spacial score (nSPS) is 12.9. The van der Waals surface area contributed by atoms with E-state index < -0.39 is 5.41 Å². The van der Waals surface area contributed by atoms with Crippen LogP contribution in [0.1, 0.15) is 31.7 Å². The summed E-state index contributed by atoms with van der Waals surface area (Å²) in [5, 5.41) is 9.07. The molecule has 0 aromatic heterocycles. The van der Waals surface area contributed by atoms with Crippen molar-refractivity contribution in [3.8, 4) is 6.07 Å². The lowest BCUT2D eigenvalue weighted by Crippen LogP contribution is -2.16. The van der Waals surface area contributed by atoms with E-state index in [1.165, 1.54) is 0 Å². The minimum absolute atomic E-state index is 0.202. The van der Waals surface area contributed by atoms with E-state index in [4.69, 9.17) is 5.26 Å². The highest BCUT2D eigenvalue weighted by molar-refractivity contribution is 5.58. The molecular formula is C13H15NO. The maximum Gasteiger partial charge on any atom is 0.125 e. The molecule has 2 heteroatoms. The van der Waals surface area contributed by atoms with Gasteiger partial charge in [-0.15, -0.1) is 0 Å². The lowest BCUT2D eigenvalue weighted by molar-refractivity contribution is -0.115. The minimum Gasteiger partial charge on any atom is -0.303 e. The number of hydrogen-bond donors (Lipinski definition) is 0.